The molecule has 23 heavy (non-hydrogen) atoms. The maximum Gasteiger partial charge on any atom is 0.167 e. The zero-order valence-electron chi connectivity index (χ0n) is 12.6. The Balaban J connectivity index is 2.04. The zero-order chi connectivity index (χ0) is 16.1. The molecule has 114 valence electrons. The highest BCUT2D eigenvalue weighted by Gasteiger charge is 2.15. The molecule has 0 radical (unpaired) electrons. The van der Waals surface area contributed by atoms with Crippen molar-refractivity contribution in [3.8, 4) is 11.3 Å². The predicted molar refractivity (Wildman–Crippen MR) is 90.9 cm³/mol. The lowest BCUT2D eigenvalue weighted by Crippen LogP contribution is -2.07. The molecule has 0 spiro atoms. The monoisotopic (exact) mass is 304 g/mol. The van der Waals surface area contributed by atoms with E-state index in [0.717, 1.165) is 27.8 Å². The van der Waals surface area contributed by atoms with Gasteiger partial charge in [0.15, 0.2) is 5.58 Å². The molecule has 0 fully saturated rings. The molecule has 0 N–H and O–H groups in total. The number of aromatic nitrogens is 1. The number of hydrogen-bond donors (Lipinski definition) is 0. The van der Waals surface area contributed by atoms with Crippen molar-refractivity contribution in [1.82, 2.24) is 5.16 Å². The van der Waals surface area contributed by atoms with Crippen LogP contribution in [0.1, 0.15) is 12.0 Å². The Morgan fingerprint density at radius 1 is 1.22 bits per heavy atom. The Morgan fingerprint density at radius 2 is 2.00 bits per heavy atom. The first kappa shape index (κ1) is 14.9. The van der Waals surface area contributed by atoms with Crippen molar-refractivity contribution in [2.24, 2.45) is 5.11 Å². The molecule has 1 unspecified atom stereocenters. The van der Waals surface area contributed by atoms with Crippen LogP contribution in [0.25, 0.3) is 32.7 Å². The van der Waals surface area contributed by atoms with Gasteiger partial charge in [-0.1, -0.05) is 52.7 Å². The van der Waals surface area contributed by atoms with Crippen LogP contribution in [-0.2, 0) is 6.42 Å². The summed E-state index contributed by atoms with van der Waals surface area (Å²) in [4.78, 5) is 2.94. The average Bonchev–Trinajstić information content (AvgIpc) is 3.00. The first-order chi connectivity index (χ1) is 11.3. The van der Waals surface area contributed by atoms with E-state index in [9.17, 15) is 0 Å². The van der Waals surface area contributed by atoms with Crippen molar-refractivity contribution in [2.75, 3.05) is 0 Å². The molecule has 0 amide bonds. The Hall–Kier alpha value is -3.04. The molecular weight excluding hydrogens is 288 g/mol. The number of hydrogen-bond acceptors (Lipinski definition) is 3. The van der Waals surface area contributed by atoms with Gasteiger partial charge in [0.1, 0.15) is 5.69 Å². The Bertz CT molecular complexity index is 877. The van der Waals surface area contributed by atoms with Crippen LogP contribution in [-0.4, -0.2) is 11.2 Å². The number of fused-ring (bicyclic) bond motifs is 1. The molecule has 3 aromatic rings. The zero-order valence-corrected chi connectivity index (χ0v) is 12.6. The lowest BCUT2D eigenvalue weighted by Gasteiger charge is -2.12. The second kappa shape index (κ2) is 6.81. The van der Waals surface area contributed by atoms with Crippen molar-refractivity contribution in [3.63, 3.8) is 0 Å². The average molecular weight is 304 g/mol. The molecule has 0 saturated heterocycles. The molecule has 1 aromatic heterocycles. The Morgan fingerprint density at radius 3 is 2.83 bits per heavy atom. The van der Waals surface area contributed by atoms with E-state index < -0.39 is 0 Å². The molecule has 5 nitrogen and oxygen atoms in total. The molecule has 0 bridgehead atoms. The minimum absolute atomic E-state index is 0.156. The van der Waals surface area contributed by atoms with Gasteiger partial charge in [0, 0.05) is 21.9 Å². The lowest BCUT2D eigenvalue weighted by atomic mass is 9.96. The second-order valence-corrected chi connectivity index (χ2v) is 5.27. The van der Waals surface area contributed by atoms with Crippen molar-refractivity contribution in [3.05, 3.63) is 77.2 Å². The fourth-order valence-electron chi connectivity index (χ4n) is 2.70. The van der Waals surface area contributed by atoms with Gasteiger partial charge in [-0.2, -0.15) is 0 Å². The smallest absolute Gasteiger partial charge is 0.167 e. The summed E-state index contributed by atoms with van der Waals surface area (Å²) in [7, 11) is 0. The van der Waals surface area contributed by atoms with E-state index in [-0.39, 0.29) is 6.04 Å². The third-order valence-electron chi connectivity index (χ3n) is 3.76. The third kappa shape index (κ3) is 3.10. The Labute approximate surface area is 133 Å². The molecule has 2 aromatic carbocycles. The van der Waals surface area contributed by atoms with E-state index in [1.54, 1.807) is 6.08 Å². The highest BCUT2D eigenvalue weighted by Crippen LogP contribution is 2.31. The van der Waals surface area contributed by atoms with E-state index in [2.05, 4.69) is 21.8 Å². The molecule has 3 rings (SSSR count). The maximum absolute atomic E-state index is 8.73. The van der Waals surface area contributed by atoms with Gasteiger partial charge in [0.05, 0.1) is 0 Å². The molecule has 1 atom stereocenters. The topological polar surface area (TPSA) is 74.8 Å². The predicted octanol–water partition coefficient (Wildman–Crippen LogP) is 5.29. The van der Waals surface area contributed by atoms with Crippen LogP contribution in [0.4, 0.5) is 0 Å². The van der Waals surface area contributed by atoms with Crippen molar-refractivity contribution < 1.29 is 4.52 Å². The van der Waals surface area contributed by atoms with Gasteiger partial charge in [-0.3, -0.25) is 0 Å². The quantitative estimate of drug-likeness (QED) is 0.268. The van der Waals surface area contributed by atoms with Crippen LogP contribution in [0, 0.1) is 0 Å². The number of nitrogens with zero attached hydrogens (tertiary/aromatic N) is 4. The third-order valence-corrected chi connectivity index (χ3v) is 3.76. The summed E-state index contributed by atoms with van der Waals surface area (Å²) in [6.07, 6.45) is 3.04. The maximum atomic E-state index is 8.73. The molecule has 5 heteroatoms. The van der Waals surface area contributed by atoms with Crippen LogP contribution in [0.5, 0.6) is 0 Å². The van der Waals surface area contributed by atoms with E-state index in [1.165, 1.54) is 0 Å². The first-order valence-electron chi connectivity index (χ1n) is 7.41. The molecular formula is C18H16N4O. The summed E-state index contributed by atoms with van der Waals surface area (Å²) in [5, 5.41) is 9.06. The van der Waals surface area contributed by atoms with Crippen LogP contribution in [0.2, 0.25) is 0 Å². The van der Waals surface area contributed by atoms with Gasteiger partial charge in [-0.05, 0) is 36.1 Å². The van der Waals surface area contributed by atoms with Gasteiger partial charge in [0.25, 0.3) is 0 Å². The summed E-state index contributed by atoms with van der Waals surface area (Å²) in [5.74, 6) is 0. The summed E-state index contributed by atoms with van der Waals surface area (Å²) >= 11 is 0. The SMILES string of the molecule is C=CCC(Cc1ccccc1-c1noc2ccccc12)N=[N+]=[N-]. The van der Waals surface area contributed by atoms with Crippen molar-refractivity contribution in [1.29, 1.82) is 0 Å². The van der Waals surface area contributed by atoms with Gasteiger partial charge < -0.3 is 4.52 Å². The van der Waals surface area contributed by atoms with E-state index in [4.69, 9.17) is 10.1 Å². The number of para-hydroxylation sites is 1. The van der Waals surface area contributed by atoms with Gasteiger partial charge in [-0.25, -0.2) is 0 Å². The van der Waals surface area contributed by atoms with Gasteiger partial charge in [0.2, 0.25) is 0 Å². The molecule has 1 heterocycles. The van der Waals surface area contributed by atoms with Crippen LogP contribution < -0.4 is 0 Å². The fourth-order valence-corrected chi connectivity index (χ4v) is 2.70. The summed E-state index contributed by atoms with van der Waals surface area (Å²) in [6, 6.07) is 15.6. The van der Waals surface area contributed by atoms with Crippen LogP contribution >= 0.6 is 0 Å². The number of rotatable bonds is 6. The molecule has 0 aliphatic heterocycles. The largest absolute Gasteiger partial charge is 0.356 e. The van der Waals surface area contributed by atoms with E-state index in [1.807, 2.05) is 48.5 Å². The van der Waals surface area contributed by atoms with E-state index >= 15 is 0 Å². The number of azide groups is 1. The highest BCUT2D eigenvalue weighted by molar-refractivity contribution is 5.92. The summed E-state index contributed by atoms with van der Waals surface area (Å²) < 4.78 is 5.41. The standard InChI is InChI=1S/C18H16N4O/c1-2-7-14(20-22-19)12-13-8-3-4-9-15(13)18-16-10-5-6-11-17(16)23-21-18/h2-6,8-11,14H,1,7,12H2. The van der Waals surface area contributed by atoms with E-state index in [0.29, 0.717) is 12.8 Å². The second-order valence-electron chi connectivity index (χ2n) is 5.27. The minimum Gasteiger partial charge on any atom is -0.356 e. The van der Waals surface area contributed by atoms with Crippen molar-refractivity contribution >= 4 is 11.0 Å². The number of benzene rings is 2. The Kier molecular flexibility index (Phi) is 4.41. The minimum atomic E-state index is -0.156. The first-order valence-corrected chi connectivity index (χ1v) is 7.41. The molecule has 0 aliphatic carbocycles. The molecule has 0 aliphatic rings. The highest BCUT2D eigenvalue weighted by atomic mass is 16.5. The summed E-state index contributed by atoms with van der Waals surface area (Å²) in [6.45, 7) is 3.73. The summed E-state index contributed by atoms with van der Waals surface area (Å²) in [5.41, 5.74) is 12.4. The van der Waals surface area contributed by atoms with Crippen molar-refractivity contribution in [2.45, 2.75) is 18.9 Å². The van der Waals surface area contributed by atoms with Gasteiger partial charge >= 0.3 is 0 Å². The normalized spacial score (nSPS) is 11.8. The van der Waals surface area contributed by atoms with Crippen LogP contribution in [0.3, 0.4) is 0 Å². The fraction of sp³-hybridized carbons (Fsp3) is 0.167. The molecule has 0 saturated carbocycles. The lowest BCUT2D eigenvalue weighted by molar-refractivity contribution is 0.459. The van der Waals surface area contributed by atoms with Crippen LogP contribution in [0.15, 0.2) is 70.8 Å². The van der Waals surface area contributed by atoms with Gasteiger partial charge in [-0.15, -0.1) is 6.58 Å².